The first-order valence-corrected chi connectivity index (χ1v) is 7.63. The third kappa shape index (κ3) is 3.53. The van der Waals surface area contributed by atoms with E-state index in [-0.39, 0.29) is 24.7 Å². The molecule has 0 aromatic heterocycles. The zero-order valence-electron chi connectivity index (χ0n) is 12.3. The molecule has 1 aliphatic heterocycles. The second-order valence-corrected chi connectivity index (χ2v) is 6.49. The topological polar surface area (TPSA) is 27.7 Å². The van der Waals surface area contributed by atoms with Crippen molar-refractivity contribution < 1.29 is 14.2 Å². The van der Waals surface area contributed by atoms with E-state index in [4.69, 9.17) is 27.1 Å². The van der Waals surface area contributed by atoms with E-state index in [1.807, 2.05) is 19.9 Å². The van der Waals surface area contributed by atoms with Crippen LogP contribution in [0.4, 0.5) is 0 Å². The number of allylic oxidation sites excluding steroid dienone is 3. The van der Waals surface area contributed by atoms with Gasteiger partial charge in [-0.25, -0.2) is 0 Å². The molecule has 0 saturated carbocycles. The zero-order chi connectivity index (χ0) is 15.5. The van der Waals surface area contributed by atoms with Gasteiger partial charge < -0.3 is 0 Å². The molecule has 2 aliphatic rings. The van der Waals surface area contributed by atoms with Crippen molar-refractivity contribution in [1.29, 1.82) is 0 Å². The van der Waals surface area contributed by atoms with Gasteiger partial charge in [-0.15, -0.1) is 0 Å². The summed E-state index contributed by atoms with van der Waals surface area (Å²) in [4.78, 5) is 0. The Labute approximate surface area is 134 Å². The summed E-state index contributed by atoms with van der Waals surface area (Å²) < 4.78 is 18.5. The van der Waals surface area contributed by atoms with E-state index in [9.17, 15) is 0 Å². The summed E-state index contributed by atoms with van der Waals surface area (Å²) in [6, 6.07) is 0. The molecular weight excluding hydrogens is 331 g/mol. The van der Waals surface area contributed by atoms with Crippen LogP contribution in [0.5, 0.6) is 0 Å². The van der Waals surface area contributed by atoms with E-state index in [1.54, 1.807) is 0 Å². The molecule has 1 aliphatic carbocycles. The van der Waals surface area contributed by atoms with Crippen LogP contribution in [0.15, 0.2) is 23.4 Å². The number of rotatable bonds is 4. The number of fused-ring (bicyclic) bond motifs is 1. The van der Waals surface area contributed by atoms with E-state index in [1.165, 1.54) is 4.42 Å². The average molecular weight is 349 g/mol. The molecular formula is C17H18O3Se. The van der Waals surface area contributed by atoms with Crippen LogP contribution in [0.25, 0.3) is 0 Å². The zero-order valence-corrected chi connectivity index (χ0v) is 14.0. The van der Waals surface area contributed by atoms with Gasteiger partial charge in [-0.05, 0) is 0 Å². The van der Waals surface area contributed by atoms with Gasteiger partial charge in [0.15, 0.2) is 0 Å². The van der Waals surface area contributed by atoms with E-state index in [0.29, 0.717) is 12.2 Å². The molecule has 2 rings (SSSR count). The molecule has 3 nitrogen and oxygen atoms in total. The fraction of sp³-hybridized carbons (Fsp3) is 0.471. The van der Waals surface area contributed by atoms with Gasteiger partial charge >= 0.3 is 134 Å². The predicted molar refractivity (Wildman–Crippen MR) is 83.3 cm³/mol. The van der Waals surface area contributed by atoms with Crippen LogP contribution in [0, 0.1) is 30.6 Å². The van der Waals surface area contributed by atoms with Crippen molar-refractivity contribution in [2.75, 3.05) is 13.2 Å². The Balaban J connectivity index is 2.26. The molecule has 0 radical (unpaired) electrons. The number of terminal acetylenes is 2. The molecule has 1 saturated heterocycles. The minimum absolute atomic E-state index is 0.190. The van der Waals surface area contributed by atoms with Gasteiger partial charge in [0.1, 0.15) is 0 Å². The minimum atomic E-state index is -0.309. The van der Waals surface area contributed by atoms with Crippen LogP contribution in [0.3, 0.4) is 0 Å². The Morgan fingerprint density at radius 1 is 1.29 bits per heavy atom. The molecule has 1 unspecified atom stereocenters. The summed E-state index contributed by atoms with van der Waals surface area (Å²) in [5.41, 5.74) is -0.309. The molecule has 0 spiro atoms. The van der Waals surface area contributed by atoms with Crippen molar-refractivity contribution in [1.82, 2.24) is 0 Å². The first-order valence-electron chi connectivity index (χ1n) is 6.77. The monoisotopic (exact) mass is 350 g/mol. The molecule has 1 fully saturated rings. The molecule has 1 heterocycles. The third-order valence-electron chi connectivity index (χ3n) is 3.50. The Bertz CT molecular complexity index is 584. The molecule has 0 aromatic carbocycles. The molecule has 1 atom stereocenters. The van der Waals surface area contributed by atoms with Crippen LogP contribution in [-0.4, -0.2) is 38.8 Å². The van der Waals surface area contributed by atoms with Gasteiger partial charge in [0.2, 0.25) is 0 Å². The van der Waals surface area contributed by atoms with Crippen molar-refractivity contribution in [3.8, 4) is 24.7 Å². The van der Waals surface area contributed by atoms with Gasteiger partial charge in [-0.3, -0.25) is 0 Å². The molecule has 0 amide bonds. The Morgan fingerprint density at radius 2 is 1.95 bits per heavy atom. The standard InChI is InChI=1S/C17H18O3Se/c1-5-7-18-14-9-12-10-16(21)17(3,4)20-13(12)11-15(14)19-8-6-2/h1-2,11-12H,7-10H2,3-4H3. The van der Waals surface area contributed by atoms with Crippen LogP contribution in [0.1, 0.15) is 26.7 Å². The van der Waals surface area contributed by atoms with Crippen LogP contribution in [-0.2, 0) is 14.2 Å². The van der Waals surface area contributed by atoms with Gasteiger partial charge in [-0.2, -0.15) is 0 Å². The van der Waals surface area contributed by atoms with Gasteiger partial charge in [0.05, 0.1) is 0 Å². The molecule has 21 heavy (non-hydrogen) atoms. The number of hydrogen-bond acceptors (Lipinski definition) is 3. The Kier molecular flexibility index (Phi) is 4.84. The summed E-state index contributed by atoms with van der Waals surface area (Å²) in [7, 11) is 0. The molecule has 0 aromatic rings. The molecule has 0 bridgehead atoms. The van der Waals surface area contributed by atoms with Crippen molar-refractivity contribution in [2.45, 2.75) is 32.3 Å². The fourth-order valence-corrected chi connectivity index (χ4v) is 2.87. The average Bonchev–Trinajstić information content (AvgIpc) is 2.44. The van der Waals surface area contributed by atoms with Crippen molar-refractivity contribution >= 4 is 20.0 Å². The summed E-state index contributed by atoms with van der Waals surface area (Å²) in [5.74, 6) is 7.45. The summed E-state index contributed by atoms with van der Waals surface area (Å²) in [6.45, 7) is 4.50. The van der Waals surface area contributed by atoms with Crippen LogP contribution in [0.2, 0.25) is 0 Å². The van der Waals surface area contributed by atoms with Crippen LogP contribution >= 0.6 is 0 Å². The predicted octanol–water partition coefficient (Wildman–Crippen LogP) is 1.94. The molecule has 110 valence electrons. The second kappa shape index (κ2) is 6.44. The van der Waals surface area contributed by atoms with E-state index in [2.05, 4.69) is 27.4 Å². The first kappa shape index (κ1) is 15.8. The Hall–Kier alpha value is -1.61. The fourth-order valence-electron chi connectivity index (χ4n) is 2.36. The summed E-state index contributed by atoms with van der Waals surface area (Å²) in [6.07, 6.45) is 14.0. The van der Waals surface area contributed by atoms with Crippen molar-refractivity contribution in [3.63, 3.8) is 0 Å². The van der Waals surface area contributed by atoms with E-state index < -0.39 is 0 Å². The SMILES string of the molecule is C#CCOC1=C(OCC#C)CC2CC(=[Se])C(C)(C)OC2=C1. The van der Waals surface area contributed by atoms with E-state index >= 15 is 0 Å². The van der Waals surface area contributed by atoms with Gasteiger partial charge in [-0.1, -0.05) is 0 Å². The number of hydrogen-bond donors (Lipinski definition) is 0. The normalized spacial score (nSPS) is 23.1. The maximum atomic E-state index is 6.08. The summed E-state index contributed by atoms with van der Waals surface area (Å²) in [5, 5.41) is 0. The van der Waals surface area contributed by atoms with Crippen molar-refractivity contribution in [2.24, 2.45) is 5.92 Å². The number of ether oxygens (including phenoxy) is 3. The maximum absolute atomic E-state index is 6.08. The van der Waals surface area contributed by atoms with Crippen molar-refractivity contribution in [3.05, 3.63) is 23.4 Å². The van der Waals surface area contributed by atoms with Gasteiger partial charge in [0, 0.05) is 0 Å². The first-order chi connectivity index (χ1) is 9.97. The van der Waals surface area contributed by atoms with Crippen LogP contribution < -0.4 is 0 Å². The molecule has 4 heteroatoms. The van der Waals surface area contributed by atoms with Gasteiger partial charge in [0.25, 0.3) is 0 Å². The second-order valence-electron chi connectivity index (χ2n) is 5.46. The quantitative estimate of drug-likeness (QED) is 0.574. The molecule has 0 N–H and O–H groups in total. The summed E-state index contributed by atoms with van der Waals surface area (Å²) >= 11 is 3.12. The Morgan fingerprint density at radius 3 is 2.62 bits per heavy atom. The third-order valence-corrected chi connectivity index (χ3v) is 4.88. The van der Waals surface area contributed by atoms with E-state index in [0.717, 1.165) is 17.9 Å².